The summed E-state index contributed by atoms with van der Waals surface area (Å²) in [4.78, 5) is 24.5. The first kappa shape index (κ1) is 14.5. The first-order valence-electron chi connectivity index (χ1n) is 6.88. The predicted octanol–water partition coefficient (Wildman–Crippen LogP) is 1.70. The molecule has 0 bridgehead atoms. The van der Waals surface area contributed by atoms with Gasteiger partial charge in [-0.05, 0) is 19.4 Å². The lowest BCUT2D eigenvalue weighted by Gasteiger charge is -2.17. The number of carbonyl (C=O) groups is 1. The number of benzene rings is 1. The van der Waals surface area contributed by atoms with Crippen LogP contribution in [0.2, 0.25) is 0 Å². The largest absolute Gasteiger partial charge is 0.337 e. The number of nitro groups is 1. The van der Waals surface area contributed by atoms with Crippen LogP contribution in [0.1, 0.15) is 25.3 Å². The molecule has 1 fully saturated rings. The SMILES string of the molecule is CCCNC1CCN(Cc2ccccc2[N+](=O)[O-])C1=O. The third-order valence-corrected chi connectivity index (χ3v) is 3.49. The van der Waals surface area contributed by atoms with Gasteiger partial charge in [-0.15, -0.1) is 0 Å². The Bertz CT molecular complexity index is 504. The van der Waals surface area contributed by atoms with E-state index in [0.717, 1.165) is 19.4 Å². The van der Waals surface area contributed by atoms with Crippen molar-refractivity contribution in [1.29, 1.82) is 0 Å². The van der Waals surface area contributed by atoms with Crippen molar-refractivity contribution in [1.82, 2.24) is 10.2 Å². The van der Waals surface area contributed by atoms with Crippen LogP contribution >= 0.6 is 0 Å². The molecule has 2 rings (SSSR count). The lowest BCUT2D eigenvalue weighted by molar-refractivity contribution is -0.385. The molecule has 1 unspecified atom stereocenters. The monoisotopic (exact) mass is 277 g/mol. The molecule has 1 amide bonds. The van der Waals surface area contributed by atoms with Crippen LogP contribution in [0.25, 0.3) is 0 Å². The molecule has 1 aliphatic heterocycles. The van der Waals surface area contributed by atoms with Crippen molar-refractivity contribution in [3.8, 4) is 0 Å². The Morgan fingerprint density at radius 3 is 2.90 bits per heavy atom. The lowest BCUT2D eigenvalue weighted by Crippen LogP contribution is -2.38. The fourth-order valence-electron chi connectivity index (χ4n) is 2.43. The number of likely N-dealkylation sites (tertiary alicyclic amines) is 1. The minimum absolute atomic E-state index is 0.0385. The van der Waals surface area contributed by atoms with Gasteiger partial charge in [0.05, 0.1) is 17.5 Å². The molecule has 0 saturated carbocycles. The van der Waals surface area contributed by atoms with Crippen molar-refractivity contribution in [2.24, 2.45) is 0 Å². The minimum Gasteiger partial charge on any atom is -0.337 e. The molecule has 1 aliphatic rings. The van der Waals surface area contributed by atoms with E-state index in [1.165, 1.54) is 6.07 Å². The molecule has 0 spiro atoms. The standard InChI is InChI=1S/C14H19N3O3/c1-2-8-15-12-7-9-16(14(12)18)10-11-5-3-4-6-13(11)17(19)20/h3-6,12,15H,2,7-10H2,1H3. The van der Waals surface area contributed by atoms with E-state index < -0.39 is 4.92 Å². The number of nitrogens with one attached hydrogen (secondary N) is 1. The molecule has 0 aromatic heterocycles. The number of nitro benzene ring substituents is 1. The van der Waals surface area contributed by atoms with Crippen LogP contribution < -0.4 is 5.32 Å². The fraction of sp³-hybridized carbons (Fsp3) is 0.500. The number of rotatable bonds is 6. The van der Waals surface area contributed by atoms with Gasteiger partial charge in [-0.25, -0.2) is 0 Å². The van der Waals surface area contributed by atoms with Gasteiger partial charge in [-0.1, -0.05) is 25.1 Å². The van der Waals surface area contributed by atoms with Gasteiger partial charge in [-0.3, -0.25) is 14.9 Å². The van der Waals surface area contributed by atoms with Gasteiger partial charge >= 0.3 is 0 Å². The second-order valence-electron chi connectivity index (χ2n) is 4.94. The summed E-state index contributed by atoms with van der Waals surface area (Å²) >= 11 is 0. The Morgan fingerprint density at radius 1 is 1.45 bits per heavy atom. The summed E-state index contributed by atoms with van der Waals surface area (Å²) < 4.78 is 0. The lowest BCUT2D eigenvalue weighted by atomic mass is 10.1. The maximum Gasteiger partial charge on any atom is 0.274 e. The van der Waals surface area contributed by atoms with Gasteiger partial charge in [-0.2, -0.15) is 0 Å². The van der Waals surface area contributed by atoms with Crippen LogP contribution in [0.4, 0.5) is 5.69 Å². The van der Waals surface area contributed by atoms with E-state index in [4.69, 9.17) is 0 Å². The predicted molar refractivity (Wildman–Crippen MR) is 75.2 cm³/mol. The number of para-hydroxylation sites is 1. The quantitative estimate of drug-likeness (QED) is 0.634. The second-order valence-corrected chi connectivity index (χ2v) is 4.94. The van der Waals surface area contributed by atoms with Gasteiger partial charge < -0.3 is 10.2 Å². The highest BCUT2D eigenvalue weighted by molar-refractivity contribution is 5.84. The van der Waals surface area contributed by atoms with Gasteiger partial charge in [0.2, 0.25) is 5.91 Å². The molecule has 1 atom stereocenters. The number of carbonyl (C=O) groups excluding carboxylic acids is 1. The van der Waals surface area contributed by atoms with E-state index >= 15 is 0 Å². The highest BCUT2D eigenvalue weighted by Crippen LogP contribution is 2.22. The second kappa shape index (κ2) is 6.47. The Balaban J connectivity index is 2.05. The summed E-state index contributed by atoms with van der Waals surface area (Å²) in [6.07, 6.45) is 1.74. The van der Waals surface area contributed by atoms with Gasteiger partial charge in [0.15, 0.2) is 0 Å². The van der Waals surface area contributed by atoms with Crippen LogP contribution in [0.3, 0.4) is 0 Å². The van der Waals surface area contributed by atoms with Crippen LogP contribution in [-0.2, 0) is 11.3 Å². The molecule has 6 heteroatoms. The molecule has 1 heterocycles. The van der Waals surface area contributed by atoms with E-state index in [1.807, 2.05) is 0 Å². The van der Waals surface area contributed by atoms with Crippen LogP contribution in [0, 0.1) is 10.1 Å². The molecule has 108 valence electrons. The van der Waals surface area contributed by atoms with E-state index in [9.17, 15) is 14.9 Å². The van der Waals surface area contributed by atoms with Gasteiger partial charge in [0.25, 0.3) is 5.69 Å². The highest BCUT2D eigenvalue weighted by atomic mass is 16.6. The van der Waals surface area contributed by atoms with E-state index in [-0.39, 0.29) is 17.6 Å². The average molecular weight is 277 g/mol. The maximum absolute atomic E-state index is 12.2. The topological polar surface area (TPSA) is 75.5 Å². The van der Waals surface area contributed by atoms with Gasteiger partial charge in [0, 0.05) is 18.2 Å². The van der Waals surface area contributed by atoms with Crippen LogP contribution in [-0.4, -0.2) is 34.9 Å². The van der Waals surface area contributed by atoms with Crippen LogP contribution in [0.5, 0.6) is 0 Å². The van der Waals surface area contributed by atoms with Crippen molar-refractivity contribution in [3.63, 3.8) is 0 Å². The Labute approximate surface area is 117 Å². The minimum atomic E-state index is -0.400. The first-order chi connectivity index (χ1) is 9.63. The van der Waals surface area contributed by atoms with E-state index in [0.29, 0.717) is 18.7 Å². The average Bonchev–Trinajstić information content (AvgIpc) is 2.78. The molecular formula is C14H19N3O3. The smallest absolute Gasteiger partial charge is 0.274 e. The molecule has 1 saturated heterocycles. The molecule has 0 radical (unpaired) electrons. The third-order valence-electron chi connectivity index (χ3n) is 3.49. The fourth-order valence-corrected chi connectivity index (χ4v) is 2.43. The summed E-state index contributed by atoms with van der Waals surface area (Å²) in [6, 6.07) is 6.44. The normalized spacial score (nSPS) is 18.6. The molecule has 0 aliphatic carbocycles. The van der Waals surface area contributed by atoms with Crippen LogP contribution in [0.15, 0.2) is 24.3 Å². The molecule has 6 nitrogen and oxygen atoms in total. The maximum atomic E-state index is 12.2. The number of amides is 1. The van der Waals surface area contributed by atoms with E-state index in [1.54, 1.807) is 23.1 Å². The Kier molecular flexibility index (Phi) is 4.68. The summed E-state index contributed by atoms with van der Waals surface area (Å²) in [5.41, 5.74) is 0.659. The molecule has 20 heavy (non-hydrogen) atoms. The zero-order valence-corrected chi connectivity index (χ0v) is 11.5. The summed E-state index contributed by atoms with van der Waals surface area (Å²) in [6.45, 7) is 3.82. The van der Waals surface area contributed by atoms with Crippen molar-refractivity contribution in [2.45, 2.75) is 32.4 Å². The highest BCUT2D eigenvalue weighted by Gasteiger charge is 2.31. The molecule has 1 aromatic rings. The number of nitrogens with zero attached hydrogens (tertiary/aromatic N) is 2. The number of hydrogen-bond acceptors (Lipinski definition) is 4. The summed E-state index contributed by atoms with van der Waals surface area (Å²) in [5, 5.41) is 14.2. The third kappa shape index (κ3) is 3.14. The molecule has 1 aromatic carbocycles. The molecule has 1 N–H and O–H groups in total. The van der Waals surface area contributed by atoms with Crippen molar-refractivity contribution in [2.75, 3.05) is 13.1 Å². The van der Waals surface area contributed by atoms with Crippen molar-refractivity contribution in [3.05, 3.63) is 39.9 Å². The van der Waals surface area contributed by atoms with Gasteiger partial charge in [0.1, 0.15) is 0 Å². The zero-order valence-electron chi connectivity index (χ0n) is 11.5. The summed E-state index contributed by atoms with van der Waals surface area (Å²) in [7, 11) is 0. The Morgan fingerprint density at radius 2 is 2.20 bits per heavy atom. The van der Waals surface area contributed by atoms with E-state index in [2.05, 4.69) is 12.2 Å². The zero-order chi connectivity index (χ0) is 14.5. The van der Waals surface area contributed by atoms with Crippen molar-refractivity contribution < 1.29 is 9.72 Å². The Hall–Kier alpha value is -1.95. The van der Waals surface area contributed by atoms with Crippen molar-refractivity contribution >= 4 is 11.6 Å². The number of hydrogen-bond donors (Lipinski definition) is 1. The molecular weight excluding hydrogens is 258 g/mol. The first-order valence-corrected chi connectivity index (χ1v) is 6.88. The summed E-state index contributed by atoms with van der Waals surface area (Å²) in [5.74, 6) is 0.0385.